The third-order valence-electron chi connectivity index (χ3n) is 1.09. The Balaban J connectivity index is 2.62. The zero-order valence-corrected chi connectivity index (χ0v) is 7.91. The Kier molecular flexibility index (Phi) is 2.69. The second-order valence-corrected chi connectivity index (χ2v) is 2.99. The van der Waals surface area contributed by atoms with E-state index in [1.165, 1.54) is 4.68 Å². The summed E-state index contributed by atoms with van der Waals surface area (Å²) in [7, 11) is 1.72. The van der Waals surface area contributed by atoms with Crippen LogP contribution in [0.4, 0.5) is 0 Å². The first-order valence-electron chi connectivity index (χ1n) is 3.13. The van der Waals surface area contributed by atoms with Crippen LogP contribution in [-0.2, 0) is 11.8 Å². The van der Waals surface area contributed by atoms with E-state index in [-0.39, 0.29) is 6.61 Å². The first kappa shape index (κ1) is 9.05. The van der Waals surface area contributed by atoms with Crippen molar-refractivity contribution in [1.82, 2.24) is 9.78 Å². The summed E-state index contributed by atoms with van der Waals surface area (Å²) in [5.74, 6) is -0.729. The second-order valence-electron chi connectivity index (χ2n) is 2.14. The summed E-state index contributed by atoms with van der Waals surface area (Å²) in [5, 5.41) is 12.2. The standard InChI is InChI=1S/C6H7BrN2O3/c1-9-2-4(7)6(8-9)12-3-5(10)11/h2H,3H2,1H3,(H,10,11). The van der Waals surface area contributed by atoms with Crippen molar-refractivity contribution in [3.63, 3.8) is 0 Å². The summed E-state index contributed by atoms with van der Waals surface area (Å²) in [5.41, 5.74) is 0. The van der Waals surface area contributed by atoms with Crippen LogP contribution in [0.3, 0.4) is 0 Å². The molecule has 66 valence electrons. The quantitative estimate of drug-likeness (QED) is 0.835. The maximum atomic E-state index is 10.1. The molecule has 0 aliphatic carbocycles. The van der Waals surface area contributed by atoms with Gasteiger partial charge in [0.25, 0.3) is 0 Å². The van der Waals surface area contributed by atoms with Gasteiger partial charge in [0.05, 0.1) is 4.47 Å². The zero-order valence-electron chi connectivity index (χ0n) is 6.32. The molecule has 6 heteroatoms. The molecule has 0 amide bonds. The number of carboxylic acids is 1. The lowest BCUT2D eigenvalue weighted by Gasteiger charge is -1.97. The van der Waals surface area contributed by atoms with Crippen LogP contribution < -0.4 is 4.74 Å². The van der Waals surface area contributed by atoms with Crippen LogP contribution in [0, 0.1) is 0 Å². The van der Waals surface area contributed by atoms with Crippen molar-refractivity contribution < 1.29 is 14.6 Å². The molecule has 1 heterocycles. The fraction of sp³-hybridized carbons (Fsp3) is 0.333. The second kappa shape index (κ2) is 3.57. The summed E-state index contributed by atoms with van der Waals surface area (Å²) in [4.78, 5) is 10.1. The number of aryl methyl sites for hydroxylation is 1. The SMILES string of the molecule is Cn1cc(Br)c(OCC(=O)O)n1. The van der Waals surface area contributed by atoms with Crippen molar-refractivity contribution in [2.24, 2.45) is 7.05 Å². The maximum absolute atomic E-state index is 10.1. The van der Waals surface area contributed by atoms with Crippen molar-refractivity contribution in [2.45, 2.75) is 0 Å². The summed E-state index contributed by atoms with van der Waals surface area (Å²) in [6.45, 7) is -0.379. The Bertz CT molecular complexity index is 297. The molecule has 0 aliphatic heterocycles. The molecule has 12 heavy (non-hydrogen) atoms. The molecule has 1 N–H and O–H groups in total. The number of nitrogens with zero attached hydrogens (tertiary/aromatic N) is 2. The third-order valence-corrected chi connectivity index (χ3v) is 1.63. The van der Waals surface area contributed by atoms with Crippen molar-refractivity contribution in [3.05, 3.63) is 10.7 Å². The van der Waals surface area contributed by atoms with Gasteiger partial charge in [-0.05, 0) is 15.9 Å². The fourth-order valence-corrected chi connectivity index (χ4v) is 1.16. The van der Waals surface area contributed by atoms with Crippen molar-refractivity contribution in [1.29, 1.82) is 0 Å². The van der Waals surface area contributed by atoms with Crippen LogP contribution in [0.5, 0.6) is 5.88 Å². The lowest BCUT2D eigenvalue weighted by atomic mass is 10.7. The van der Waals surface area contributed by atoms with Gasteiger partial charge in [0, 0.05) is 13.2 Å². The molecule has 0 fully saturated rings. The van der Waals surface area contributed by atoms with E-state index in [4.69, 9.17) is 9.84 Å². The number of ether oxygens (including phenoxy) is 1. The highest BCUT2D eigenvalue weighted by Crippen LogP contribution is 2.21. The number of rotatable bonds is 3. The van der Waals surface area contributed by atoms with Crippen LogP contribution in [0.15, 0.2) is 10.7 Å². The van der Waals surface area contributed by atoms with Gasteiger partial charge >= 0.3 is 5.97 Å². The number of aromatic nitrogens is 2. The molecule has 0 spiro atoms. The first-order chi connectivity index (χ1) is 5.59. The van der Waals surface area contributed by atoms with Gasteiger partial charge in [-0.1, -0.05) is 0 Å². The normalized spacial score (nSPS) is 9.83. The lowest BCUT2D eigenvalue weighted by molar-refractivity contribution is -0.139. The van der Waals surface area contributed by atoms with E-state index < -0.39 is 5.97 Å². The fourth-order valence-electron chi connectivity index (χ4n) is 0.667. The van der Waals surface area contributed by atoms with Crippen LogP contribution in [0.25, 0.3) is 0 Å². The Morgan fingerprint density at radius 1 is 1.92 bits per heavy atom. The Morgan fingerprint density at radius 2 is 2.58 bits per heavy atom. The number of carbonyl (C=O) groups is 1. The largest absolute Gasteiger partial charge is 0.479 e. The van der Waals surface area contributed by atoms with E-state index in [0.717, 1.165) is 0 Å². The third kappa shape index (κ3) is 2.23. The van der Waals surface area contributed by atoms with E-state index in [2.05, 4.69) is 21.0 Å². The smallest absolute Gasteiger partial charge is 0.341 e. The highest BCUT2D eigenvalue weighted by molar-refractivity contribution is 9.10. The van der Waals surface area contributed by atoms with E-state index in [1.54, 1.807) is 13.2 Å². The van der Waals surface area contributed by atoms with E-state index in [9.17, 15) is 4.79 Å². The predicted molar refractivity (Wildman–Crippen MR) is 44.0 cm³/mol. The summed E-state index contributed by atoms with van der Waals surface area (Å²) in [6, 6.07) is 0. The molecule has 5 nitrogen and oxygen atoms in total. The Hall–Kier alpha value is -1.04. The maximum Gasteiger partial charge on any atom is 0.341 e. The number of carboxylic acid groups (broad SMARTS) is 1. The van der Waals surface area contributed by atoms with Gasteiger partial charge in [0.15, 0.2) is 6.61 Å². The number of hydrogen-bond donors (Lipinski definition) is 1. The molecule has 0 radical (unpaired) electrons. The molecule has 0 saturated heterocycles. The average molecular weight is 235 g/mol. The summed E-state index contributed by atoms with van der Waals surface area (Å²) < 4.78 is 7.01. The first-order valence-corrected chi connectivity index (χ1v) is 3.92. The molecule has 0 saturated carbocycles. The van der Waals surface area contributed by atoms with Gasteiger partial charge in [-0.25, -0.2) is 4.79 Å². The molecular formula is C6H7BrN2O3. The van der Waals surface area contributed by atoms with Gasteiger partial charge in [-0.2, -0.15) is 0 Å². The van der Waals surface area contributed by atoms with Crippen LogP contribution in [0.1, 0.15) is 0 Å². The molecule has 1 rings (SSSR count). The zero-order chi connectivity index (χ0) is 9.14. The topological polar surface area (TPSA) is 64.3 Å². The van der Waals surface area contributed by atoms with Crippen molar-refractivity contribution in [2.75, 3.05) is 6.61 Å². The van der Waals surface area contributed by atoms with Gasteiger partial charge in [0.2, 0.25) is 5.88 Å². The molecular weight excluding hydrogens is 228 g/mol. The van der Waals surface area contributed by atoms with Crippen LogP contribution in [-0.4, -0.2) is 27.5 Å². The van der Waals surface area contributed by atoms with E-state index in [1.807, 2.05) is 0 Å². The Morgan fingerprint density at radius 3 is 3.00 bits per heavy atom. The number of hydrogen-bond acceptors (Lipinski definition) is 3. The van der Waals surface area contributed by atoms with Crippen LogP contribution >= 0.6 is 15.9 Å². The van der Waals surface area contributed by atoms with Gasteiger partial charge < -0.3 is 9.84 Å². The highest BCUT2D eigenvalue weighted by Gasteiger charge is 2.07. The number of aliphatic carboxylic acids is 1. The Labute approximate surface area is 77.1 Å². The minimum atomic E-state index is -1.02. The van der Waals surface area contributed by atoms with Gasteiger partial charge in [0.1, 0.15) is 0 Å². The molecule has 0 unspecified atom stereocenters. The minimum Gasteiger partial charge on any atom is -0.479 e. The van der Waals surface area contributed by atoms with E-state index in [0.29, 0.717) is 10.4 Å². The highest BCUT2D eigenvalue weighted by atomic mass is 79.9. The van der Waals surface area contributed by atoms with Gasteiger partial charge in [-0.15, -0.1) is 5.10 Å². The molecule has 0 bridgehead atoms. The van der Waals surface area contributed by atoms with Gasteiger partial charge in [-0.3, -0.25) is 4.68 Å². The molecule has 1 aromatic heterocycles. The molecule has 0 aromatic carbocycles. The minimum absolute atomic E-state index is 0.292. The van der Waals surface area contributed by atoms with Crippen molar-refractivity contribution >= 4 is 21.9 Å². The number of halogens is 1. The average Bonchev–Trinajstić information content (AvgIpc) is 2.26. The summed E-state index contributed by atoms with van der Waals surface area (Å²) in [6.07, 6.45) is 1.68. The molecule has 0 atom stereocenters. The lowest BCUT2D eigenvalue weighted by Crippen LogP contribution is -2.10. The predicted octanol–water partition coefficient (Wildman–Crippen LogP) is 0.646. The van der Waals surface area contributed by atoms with Crippen molar-refractivity contribution in [3.8, 4) is 5.88 Å². The monoisotopic (exact) mass is 234 g/mol. The summed E-state index contributed by atoms with van der Waals surface area (Å²) >= 11 is 3.17. The molecule has 1 aromatic rings. The molecule has 0 aliphatic rings. The van der Waals surface area contributed by atoms with E-state index >= 15 is 0 Å². The van der Waals surface area contributed by atoms with Crippen LogP contribution in [0.2, 0.25) is 0 Å².